The van der Waals surface area contributed by atoms with Crippen LogP contribution in [0.25, 0.3) is 17.1 Å². The predicted octanol–water partition coefficient (Wildman–Crippen LogP) is 4.13. The Balaban J connectivity index is 1.94. The maximum absolute atomic E-state index is 12.9. The number of imidazole rings is 1. The van der Waals surface area contributed by atoms with E-state index >= 15 is 0 Å². The number of ether oxygens (including phenoxy) is 2. The first-order valence-corrected chi connectivity index (χ1v) is 9.14. The Morgan fingerprint density at radius 1 is 1.22 bits per heavy atom. The molecule has 136 valence electrons. The van der Waals surface area contributed by atoms with Gasteiger partial charge in [-0.15, -0.1) is 6.42 Å². The smallest absolute Gasteiger partial charge is 0.257 e. The third-order valence-corrected chi connectivity index (χ3v) is 4.70. The number of rotatable bonds is 6. The average molecular weight is 378 g/mol. The zero-order chi connectivity index (χ0) is 19.2. The molecular formula is C21H18N2O3S. The minimum Gasteiger partial charge on any atom is -0.493 e. The van der Waals surface area contributed by atoms with E-state index in [2.05, 4.69) is 10.9 Å². The SMILES string of the molecule is C#CCSc1nc2ccccc2n1C(=O)/C=C/c1ccc(OC)c(OC)c1. The maximum atomic E-state index is 12.9. The molecule has 2 aromatic carbocycles. The summed E-state index contributed by atoms with van der Waals surface area (Å²) in [7, 11) is 3.15. The van der Waals surface area contributed by atoms with Crippen molar-refractivity contribution in [1.82, 2.24) is 9.55 Å². The summed E-state index contributed by atoms with van der Waals surface area (Å²) in [6, 6.07) is 13.0. The van der Waals surface area contributed by atoms with E-state index < -0.39 is 0 Å². The van der Waals surface area contributed by atoms with Crippen LogP contribution in [-0.2, 0) is 0 Å². The van der Waals surface area contributed by atoms with Crippen molar-refractivity contribution in [1.29, 1.82) is 0 Å². The lowest BCUT2D eigenvalue weighted by Crippen LogP contribution is -2.08. The molecule has 27 heavy (non-hydrogen) atoms. The van der Waals surface area contributed by atoms with E-state index in [1.54, 1.807) is 30.9 Å². The van der Waals surface area contributed by atoms with Gasteiger partial charge in [-0.05, 0) is 35.9 Å². The molecule has 0 aliphatic carbocycles. The van der Waals surface area contributed by atoms with Crippen molar-refractivity contribution in [2.45, 2.75) is 5.16 Å². The van der Waals surface area contributed by atoms with Crippen molar-refractivity contribution in [2.75, 3.05) is 20.0 Å². The number of para-hydroxylation sites is 2. The van der Waals surface area contributed by atoms with E-state index in [0.717, 1.165) is 16.6 Å². The summed E-state index contributed by atoms with van der Waals surface area (Å²) in [5, 5.41) is 0.580. The van der Waals surface area contributed by atoms with Gasteiger partial charge < -0.3 is 9.47 Å². The number of nitrogens with zero attached hydrogens (tertiary/aromatic N) is 2. The third kappa shape index (κ3) is 3.99. The molecule has 0 fully saturated rings. The van der Waals surface area contributed by atoms with Crippen LogP contribution in [-0.4, -0.2) is 35.4 Å². The molecule has 5 nitrogen and oxygen atoms in total. The standard InChI is InChI=1S/C21H18N2O3S/c1-4-13-27-21-22-16-7-5-6-8-17(16)23(21)20(24)12-10-15-9-11-18(25-2)19(14-15)26-3/h1,5-12,14H,13H2,2-3H3/b12-10+. The third-order valence-electron chi connectivity index (χ3n) is 3.86. The van der Waals surface area contributed by atoms with Gasteiger partial charge in [-0.3, -0.25) is 9.36 Å². The number of aromatic nitrogens is 2. The first kappa shape index (κ1) is 18.6. The maximum Gasteiger partial charge on any atom is 0.257 e. The van der Waals surface area contributed by atoms with Gasteiger partial charge >= 0.3 is 0 Å². The van der Waals surface area contributed by atoms with Crippen LogP contribution in [0, 0.1) is 12.3 Å². The summed E-state index contributed by atoms with van der Waals surface area (Å²) in [5.41, 5.74) is 2.33. The van der Waals surface area contributed by atoms with E-state index in [4.69, 9.17) is 15.9 Å². The van der Waals surface area contributed by atoms with Crippen molar-refractivity contribution in [3.05, 3.63) is 54.1 Å². The van der Waals surface area contributed by atoms with Crippen LogP contribution in [0.15, 0.2) is 53.7 Å². The Labute approximate surface area is 162 Å². The molecule has 3 aromatic rings. The van der Waals surface area contributed by atoms with Gasteiger partial charge in [0.2, 0.25) is 0 Å². The number of allylic oxidation sites excluding steroid dienone is 1. The molecular weight excluding hydrogens is 360 g/mol. The highest BCUT2D eigenvalue weighted by Crippen LogP contribution is 2.28. The van der Waals surface area contributed by atoms with Crippen LogP contribution in [0.5, 0.6) is 11.5 Å². The minimum absolute atomic E-state index is 0.196. The van der Waals surface area contributed by atoms with Crippen LogP contribution in [0.1, 0.15) is 10.4 Å². The van der Waals surface area contributed by atoms with Crippen LogP contribution in [0.2, 0.25) is 0 Å². The number of hydrogen-bond acceptors (Lipinski definition) is 5. The average Bonchev–Trinajstić information content (AvgIpc) is 3.08. The van der Waals surface area contributed by atoms with E-state index in [1.807, 2.05) is 36.4 Å². The Morgan fingerprint density at radius 3 is 2.74 bits per heavy atom. The van der Waals surface area contributed by atoms with E-state index in [0.29, 0.717) is 22.4 Å². The summed E-state index contributed by atoms with van der Waals surface area (Å²) in [6.45, 7) is 0. The molecule has 1 heterocycles. The van der Waals surface area contributed by atoms with Crippen molar-refractivity contribution >= 4 is 34.8 Å². The van der Waals surface area contributed by atoms with Crippen molar-refractivity contribution in [3.63, 3.8) is 0 Å². The summed E-state index contributed by atoms with van der Waals surface area (Å²) in [6.07, 6.45) is 8.59. The molecule has 0 bridgehead atoms. The second-order valence-electron chi connectivity index (χ2n) is 5.50. The lowest BCUT2D eigenvalue weighted by Gasteiger charge is -2.07. The summed E-state index contributed by atoms with van der Waals surface area (Å²) in [5.74, 6) is 4.04. The van der Waals surface area contributed by atoms with Crippen molar-refractivity contribution < 1.29 is 14.3 Å². The molecule has 0 unspecified atom stereocenters. The fourth-order valence-corrected chi connectivity index (χ4v) is 3.31. The molecule has 6 heteroatoms. The lowest BCUT2D eigenvalue weighted by molar-refractivity contribution is 0.0965. The molecule has 0 atom stereocenters. The molecule has 1 aromatic heterocycles. The van der Waals surface area contributed by atoms with E-state index in [1.165, 1.54) is 17.8 Å². The molecule has 0 radical (unpaired) electrons. The van der Waals surface area contributed by atoms with Gasteiger partial charge in [-0.1, -0.05) is 35.9 Å². The van der Waals surface area contributed by atoms with Crippen LogP contribution < -0.4 is 9.47 Å². The lowest BCUT2D eigenvalue weighted by atomic mass is 10.2. The van der Waals surface area contributed by atoms with Crippen LogP contribution >= 0.6 is 11.8 Å². The van der Waals surface area contributed by atoms with Gasteiger partial charge in [0.05, 0.1) is 31.0 Å². The quantitative estimate of drug-likeness (QED) is 0.367. The molecule has 0 saturated carbocycles. The van der Waals surface area contributed by atoms with Crippen molar-refractivity contribution in [3.8, 4) is 23.8 Å². The van der Waals surface area contributed by atoms with Crippen LogP contribution in [0.4, 0.5) is 0 Å². The number of carbonyl (C=O) groups is 1. The Bertz CT molecular complexity index is 1050. The van der Waals surface area contributed by atoms with Gasteiger partial charge in [-0.25, -0.2) is 4.98 Å². The van der Waals surface area contributed by atoms with Crippen LogP contribution in [0.3, 0.4) is 0 Å². The van der Waals surface area contributed by atoms with Gasteiger partial charge in [0.15, 0.2) is 16.7 Å². The number of terminal acetylenes is 1. The van der Waals surface area contributed by atoms with Gasteiger partial charge in [0, 0.05) is 6.08 Å². The Hall–Kier alpha value is -3.17. The number of hydrogen-bond donors (Lipinski definition) is 0. The molecule has 0 aliphatic heterocycles. The fourth-order valence-electron chi connectivity index (χ4n) is 2.62. The summed E-state index contributed by atoms with van der Waals surface area (Å²) >= 11 is 1.36. The number of thioether (sulfide) groups is 1. The topological polar surface area (TPSA) is 53.4 Å². The normalized spacial score (nSPS) is 10.9. The first-order valence-electron chi connectivity index (χ1n) is 8.16. The molecule has 3 rings (SSSR count). The molecule has 0 N–H and O–H groups in total. The Kier molecular flexibility index (Phi) is 5.84. The monoisotopic (exact) mass is 378 g/mol. The van der Waals surface area contributed by atoms with E-state index in [9.17, 15) is 4.79 Å². The summed E-state index contributed by atoms with van der Waals surface area (Å²) in [4.78, 5) is 17.4. The number of benzene rings is 2. The van der Waals surface area contributed by atoms with E-state index in [-0.39, 0.29) is 5.91 Å². The molecule has 0 amide bonds. The largest absolute Gasteiger partial charge is 0.493 e. The highest BCUT2D eigenvalue weighted by atomic mass is 32.2. The molecule has 0 saturated heterocycles. The summed E-state index contributed by atoms with van der Waals surface area (Å²) < 4.78 is 12.1. The Morgan fingerprint density at radius 2 is 2.00 bits per heavy atom. The molecule has 0 spiro atoms. The second-order valence-corrected chi connectivity index (χ2v) is 6.44. The highest BCUT2D eigenvalue weighted by molar-refractivity contribution is 7.99. The van der Waals surface area contributed by atoms with Crippen molar-refractivity contribution in [2.24, 2.45) is 0 Å². The number of carbonyl (C=O) groups excluding carboxylic acids is 1. The zero-order valence-corrected chi connectivity index (χ0v) is 15.8. The highest BCUT2D eigenvalue weighted by Gasteiger charge is 2.15. The number of methoxy groups -OCH3 is 2. The van der Waals surface area contributed by atoms with Gasteiger partial charge in [-0.2, -0.15) is 0 Å². The minimum atomic E-state index is -0.196. The van der Waals surface area contributed by atoms with Gasteiger partial charge in [0.1, 0.15) is 0 Å². The predicted molar refractivity (Wildman–Crippen MR) is 108 cm³/mol. The fraction of sp³-hybridized carbons (Fsp3) is 0.143. The first-order chi connectivity index (χ1) is 13.2. The second kappa shape index (κ2) is 8.47. The van der Waals surface area contributed by atoms with Gasteiger partial charge in [0.25, 0.3) is 5.91 Å². The molecule has 0 aliphatic rings. The number of fused-ring (bicyclic) bond motifs is 1. The zero-order valence-electron chi connectivity index (χ0n) is 15.0.